The number of phenolic OH excluding ortho intramolecular Hbond substituents is 1. The van der Waals surface area contributed by atoms with E-state index in [0.717, 1.165) is 52.8 Å². The normalized spacial score (nSPS) is 18.2. The van der Waals surface area contributed by atoms with Crippen LogP contribution in [0.3, 0.4) is 0 Å². The largest absolute Gasteiger partial charge is 0.507 e. The molecule has 1 aliphatic rings. The molecule has 1 aliphatic carbocycles. The summed E-state index contributed by atoms with van der Waals surface area (Å²) in [4.78, 5) is 25.7. The van der Waals surface area contributed by atoms with Crippen LogP contribution in [0.2, 0.25) is 0 Å². The van der Waals surface area contributed by atoms with E-state index in [4.69, 9.17) is 0 Å². The summed E-state index contributed by atoms with van der Waals surface area (Å²) in [5.41, 5.74) is 3.79. The van der Waals surface area contributed by atoms with E-state index in [9.17, 15) is 14.7 Å². The van der Waals surface area contributed by atoms with Crippen LogP contribution in [0.1, 0.15) is 79.2 Å². The van der Waals surface area contributed by atoms with Gasteiger partial charge < -0.3 is 15.7 Å². The summed E-state index contributed by atoms with van der Waals surface area (Å²) in [5, 5.41) is 18.6. The van der Waals surface area contributed by atoms with E-state index < -0.39 is 0 Å². The zero-order valence-electron chi connectivity index (χ0n) is 23.7. The van der Waals surface area contributed by atoms with E-state index in [-0.39, 0.29) is 23.6 Å². The Morgan fingerprint density at radius 3 is 2.50 bits per heavy atom. The minimum atomic E-state index is -0.184. The molecule has 2 atom stereocenters. The predicted molar refractivity (Wildman–Crippen MR) is 163 cm³/mol. The Hall–Kier alpha value is -4.12. The molecule has 2 unspecified atom stereocenters. The van der Waals surface area contributed by atoms with E-state index >= 15 is 0 Å². The average Bonchev–Trinajstić information content (AvgIpc) is 2.96. The van der Waals surface area contributed by atoms with Crippen LogP contribution < -0.4 is 21.1 Å². The molecule has 0 aliphatic heterocycles. The highest BCUT2D eigenvalue weighted by atomic mass is 16.3. The molecule has 5 heteroatoms. The fourth-order valence-electron chi connectivity index (χ4n) is 5.32. The highest BCUT2D eigenvalue weighted by molar-refractivity contribution is 5.96. The molecule has 0 bridgehead atoms. The number of allylic oxidation sites excluding steroid dienone is 2. The SMILES string of the molecule is C\C=C/C=c1/cc(-c2cccc(C(=O)NCc3ccc(C(=O)NC4CCCC(C)C4)cc3)c2)cc(O)/c1=C\CC. The first-order valence-electron chi connectivity index (χ1n) is 14.3. The van der Waals surface area contributed by atoms with Gasteiger partial charge in [0.1, 0.15) is 5.75 Å². The molecule has 3 N–H and O–H groups in total. The number of phenols is 1. The van der Waals surface area contributed by atoms with E-state index in [1.807, 2.05) is 86.7 Å². The first-order valence-corrected chi connectivity index (χ1v) is 14.3. The fourth-order valence-corrected chi connectivity index (χ4v) is 5.32. The quantitative estimate of drug-likeness (QED) is 0.338. The zero-order chi connectivity index (χ0) is 28.5. The van der Waals surface area contributed by atoms with Gasteiger partial charge in [-0.05, 0) is 90.4 Å². The lowest BCUT2D eigenvalue weighted by Crippen LogP contribution is -2.37. The second-order valence-electron chi connectivity index (χ2n) is 10.7. The van der Waals surface area contributed by atoms with Gasteiger partial charge in [-0.1, -0.05) is 75.3 Å². The maximum absolute atomic E-state index is 13.0. The van der Waals surface area contributed by atoms with Gasteiger partial charge in [0, 0.05) is 28.9 Å². The third-order valence-electron chi connectivity index (χ3n) is 7.47. The van der Waals surface area contributed by atoms with Crippen LogP contribution in [0.25, 0.3) is 23.3 Å². The second kappa shape index (κ2) is 13.8. The molecular weight excluding hydrogens is 496 g/mol. The minimum absolute atomic E-state index is 0.0374. The third kappa shape index (κ3) is 7.50. The summed E-state index contributed by atoms with van der Waals surface area (Å²) >= 11 is 0. The molecule has 3 aromatic rings. The van der Waals surface area contributed by atoms with Gasteiger partial charge in [0.15, 0.2) is 0 Å². The van der Waals surface area contributed by atoms with Crippen LogP contribution in [0.5, 0.6) is 5.75 Å². The Morgan fingerprint density at radius 2 is 1.77 bits per heavy atom. The monoisotopic (exact) mass is 536 g/mol. The number of amides is 2. The summed E-state index contributed by atoms with van der Waals surface area (Å²) in [6.45, 7) is 6.59. The van der Waals surface area contributed by atoms with E-state index in [1.165, 1.54) is 6.42 Å². The lowest BCUT2D eigenvalue weighted by Gasteiger charge is -2.27. The van der Waals surface area contributed by atoms with Crippen molar-refractivity contribution in [2.24, 2.45) is 5.92 Å². The van der Waals surface area contributed by atoms with Crippen molar-refractivity contribution in [1.82, 2.24) is 10.6 Å². The number of benzene rings is 3. The van der Waals surface area contributed by atoms with E-state index in [1.54, 1.807) is 12.1 Å². The van der Waals surface area contributed by atoms with Gasteiger partial charge in [-0.2, -0.15) is 0 Å². The van der Waals surface area contributed by atoms with Crippen LogP contribution in [0.4, 0.5) is 0 Å². The van der Waals surface area contributed by atoms with Crippen LogP contribution in [0.15, 0.2) is 72.8 Å². The van der Waals surface area contributed by atoms with Crippen molar-refractivity contribution in [1.29, 1.82) is 0 Å². The fraction of sp³-hybridized carbons (Fsp3) is 0.314. The van der Waals surface area contributed by atoms with E-state index in [2.05, 4.69) is 17.6 Å². The molecule has 0 spiro atoms. The number of hydrogen-bond donors (Lipinski definition) is 3. The summed E-state index contributed by atoms with van der Waals surface area (Å²) in [6.07, 6.45) is 13.2. The van der Waals surface area contributed by atoms with Gasteiger partial charge in [-0.3, -0.25) is 9.59 Å². The van der Waals surface area contributed by atoms with Gasteiger partial charge in [0.2, 0.25) is 0 Å². The van der Waals surface area contributed by atoms with E-state index in [0.29, 0.717) is 23.6 Å². The number of rotatable bonds is 8. The van der Waals surface area contributed by atoms with Crippen LogP contribution in [-0.4, -0.2) is 23.0 Å². The highest BCUT2D eigenvalue weighted by Crippen LogP contribution is 2.24. The van der Waals surface area contributed by atoms with Crippen molar-refractivity contribution < 1.29 is 14.7 Å². The molecule has 0 aromatic heterocycles. The van der Waals surface area contributed by atoms with Crippen molar-refractivity contribution in [3.05, 3.63) is 99.9 Å². The zero-order valence-corrected chi connectivity index (χ0v) is 23.7. The molecule has 4 rings (SSSR count). The maximum atomic E-state index is 13.0. The Bertz CT molecular complexity index is 1490. The first kappa shape index (κ1) is 28.9. The third-order valence-corrected chi connectivity index (χ3v) is 7.47. The van der Waals surface area contributed by atoms with Gasteiger partial charge in [0.05, 0.1) is 0 Å². The molecule has 3 aromatic carbocycles. The second-order valence-corrected chi connectivity index (χ2v) is 10.7. The Morgan fingerprint density at radius 1 is 0.975 bits per heavy atom. The predicted octanol–water partition coefficient (Wildman–Crippen LogP) is 5.84. The smallest absolute Gasteiger partial charge is 0.251 e. The van der Waals surface area contributed by atoms with Crippen molar-refractivity contribution in [2.75, 3.05) is 0 Å². The molecule has 1 fully saturated rings. The molecular formula is C35H40N2O3. The summed E-state index contributed by atoms with van der Waals surface area (Å²) in [6, 6.07) is 18.8. The summed E-state index contributed by atoms with van der Waals surface area (Å²) in [7, 11) is 0. The van der Waals surface area contributed by atoms with Gasteiger partial charge in [-0.15, -0.1) is 0 Å². The number of nitrogens with one attached hydrogen (secondary N) is 2. The van der Waals surface area contributed by atoms with Gasteiger partial charge in [-0.25, -0.2) is 0 Å². The number of carbonyl (C=O) groups is 2. The average molecular weight is 537 g/mol. The molecule has 1 saturated carbocycles. The topological polar surface area (TPSA) is 78.4 Å². The Kier molecular flexibility index (Phi) is 9.96. The molecule has 0 heterocycles. The van der Waals surface area contributed by atoms with Crippen molar-refractivity contribution >= 4 is 24.0 Å². The lowest BCUT2D eigenvalue weighted by atomic mass is 9.87. The molecule has 208 valence electrons. The number of carbonyl (C=O) groups excluding carboxylic acids is 2. The Balaban J connectivity index is 1.42. The van der Waals surface area contributed by atoms with Crippen molar-refractivity contribution in [3.63, 3.8) is 0 Å². The van der Waals surface area contributed by atoms with Crippen LogP contribution in [-0.2, 0) is 6.54 Å². The number of hydrogen-bond acceptors (Lipinski definition) is 3. The number of aromatic hydroxyl groups is 1. The maximum Gasteiger partial charge on any atom is 0.251 e. The molecule has 5 nitrogen and oxygen atoms in total. The van der Waals surface area contributed by atoms with Crippen molar-refractivity contribution in [3.8, 4) is 16.9 Å². The molecule has 0 radical (unpaired) electrons. The molecule has 2 amide bonds. The standard InChI is InChI=1S/C35H40N2O3/c1-4-6-11-28-21-30(22-33(38)32(28)9-5-2)27-12-8-13-29(20-27)34(39)36-23-25-15-17-26(18-16-25)35(40)37-31-14-7-10-24(3)19-31/h4,6,8-9,11-13,15-18,20-22,24,31,38H,5,7,10,14,19,23H2,1-3H3,(H,36,39)(H,37,40)/b6-4-,28-11-,32-9-. The molecule has 40 heavy (non-hydrogen) atoms. The summed E-state index contributed by atoms with van der Waals surface area (Å²) in [5.74, 6) is 0.651. The van der Waals surface area contributed by atoms with Gasteiger partial charge >= 0.3 is 0 Å². The van der Waals surface area contributed by atoms with Gasteiger partial charge in [0.25, 0.3) is 11.8 Å². The minimum Gasteiger partial charge on any atom is -0.507 e. The Labute approximate surface area is 237 Å². The summed E-state index contributed by atoms with van der Waals surface area (Å²) < 4.78 is 0. The first-order chi connectivity index (χ1) is 19.4. The lowest BCUT2D eigenvalue weighted by molar-refractivity contribution is 0.0918. The van der Waals surface area contributed by atoms with Crippen molar-refractivity contribution in [2.45, 2.75) is 65.5 Å². The highest BCUT2D eigenvalue weighted by Gasteiger charge is 2.21. The van der Waals surface area contributed by atoms with Crippen LogP contribution >= 0.6 is 0 Å². The van der Waals surface area contributed by atoms with Crippen LogP contribution in [0, 0.1) is 5.92 Å². The molecule has 0 saturated heterocycles.